The quantitative estimate of drug-likeness (QED) is 0.609. The Balaban J connectivity index is 1.54. The molecule has 1 aromatic heterocycles. The van der Waals surface area contributed by atoms with E-state index in [4.69, 9.17) is 4.74 Å². The van der Waals surface area contributed by atoms with Gasteiger partial charge in [-0.05, 0) is 59.6 Å². The molecule has 2 aliphatic carbocycles. The summed E-state index contributed by atoms with van der Waals surface area (Å²) in [5, 5.41) is 13.8. The van der Waals surface area contributed by atoms with E-state index in [0.717, 1.165) is 0 Å². The maximum atomic E-state index is 11.9. The number of carbonyl (C=O) groups is 1. The van der Waals surface area contributed by atoms with Crippen LogP contribution in [0.3, 0.4) is 0 Å². The topological polar surface area (TPSA) is 94.4 Å². The molecule has 0 bridgehead atoms. The first-order valence-corrected chi connectivity index (χ1v) is 7.16. The van der Waals surface area contributed by atoms with Gasteiger partial charge in [0.2, 0.25) is 5.75 Å². The normalized spacial score (nSPS) is 17.6. The van der Waals surface area contributed by atoms with Crippen LogP contribution >= 0.6 is 0 Å². The molecule has 0 radical (unpaired) electrons. The highest BCUT2D eigenvalue weighted by Gasteiger charge is 2.42. The lowest BCUT2D eigenvalue weighted by Crippen LogP contribution is -2.40. The Hall–Kier alpha value is -2.18. The SMILES string of the molecule is O=C(COc1cccnc1[N+](=O)[O-])NC(C1CC1)C1CC1. The van der Waals surface area contributed by atoms with E-state index in [1.807, 2.05) is 0 Å². The van der Waals surface area contributed by atoms with E-state index in [0.29, 0.717) is 11.8 Å². The number of nitrogens with zero attached hydrogens (tertiary/aromatic N) is 2. The molecule has 0 saturated heterocycles. The average Bonchev–Trinajstić information content (AvgIpc) is 3.36. The standard InChI is InChI=1S/C14H17N3O4/c18-12(16-13(9-3-4-9)10-5-6-10)8-21-11-2-1-7-15-14(11)17(19)20/h1-2,7,9-10,13H,3-6,8H2,(H,16,18). The summed E-state index contributed by atoms with van der Waals surface area (Å²) in [6.45, 7) is -0.220. The van der Waals surface area contributed by atoms with Crippen LogP contribution in [0.25, 0.3) is 0 Å². The molecule has 7 nitrogen and oxygen atoms in total. The van der Waals surface area contributed by atoms with Crippen LogP contribution in [-0.2, 0) is 4.79 Å². The number of nitrogens with one attached hydrogen (secondary N) is 1. The second-order valence-electron chi connectivity index (χ2n) is 5.64. The number of carbonyl (C=O) groups excluding carboxylic acids is 1. The number of ether oxygens (including phenoxy) is 1. The molecule has 0 aliphatic heterocycles. The van der Waals surface area contributed by atoms with Crippen molar-refractivity contribution in [3.8, 4) is 5.75 Å². The maximum absolute atomic E-state index is 11.9. The van der Waals surface area contributed by atoms with Crippen LogP contribution in [0.5, 0.6) is 5.75 Å². The third-order valence-corrected chi connectivity index (χ3v) is 3.87. The van der Waals surface area contributed by atoms with Gasteiger partial charge in [0.25, 0.3) is 5.91 Å². The molecule has 1 aromatic rings. The van der Waals surface area contributed by atoms with Crippen molar-refractivity contribution in [3.05, 3.63) is 28.4 Å². The Morgan fingerprint density at radius 2 is 2.10 bits per heavy atom. The highest BCUT2D eigenvalue weighted by atomic mass is 16.6. The van der Waals surface area contributed by atoms with Crippen molar-refractivity contribution in [2.75, 3.05) is 6.61 Å². The molecule has 1 N–H and O–H groups in total. The van der Waals surface area contributed by atoms with E-state index in [1.165, 1.54) is 44.0 Å². The van der Waals surface area contributed by atoms with E-state index in [2.05, 4.69) is 10.3 Å². The smallest absolute Gasteiger partial charge is 0.406 e. The van der Waals surface area contributed by atoms with Gasteiger partial charge in [-0.1, -0.05) is 0 Å². The Labute approximate surface area is 121 Å². The molecular formula is C14H17N3O4. The van der Waals surface area contributed by atoms with E-state index >= 15 is 0 Å². The van der Waals surface area contributed by atoms with Crippen LogP contribution in [0, 0.1) is 22.0 Å². The van der Waals surface area contributed by atoms with E-state index in [-0.39, 0.29) is 30.1 Å². The van der Waals surface area contributed by atoms with Gasteiger partial charge in [0, 0.05) is 6.04 Å². The van der Waals surface area contributed by atoms with Crippen LogP contribution in [0.15, 0.2) is 18.3 Å². The van der Waals surface area contributed by atoms with Crippen LogP contribution < -0.4 is 10.1 Å². The van der Waals surface area contributed by atoms with Gasteiger partial charge in [-0.25, -0.2) is 0 Å². The third-order valence-electron chi connectivity index (χ3n) is 3.87. The van der Waals surface area contributed by atoms with Crippen LogP contribution in [0.1, 0.15) is 25.7 Å². The van der Waals surface area contributed by atoms with E-state index in [1.54, 1.807) is 0 Å². The van der Waals surface area contributed by atoms with Crippen molar-refractivity contribution in [1.82, 2.24) is 10.3 Å². The van der Waals surface area contributed by atoms with Crippen molar-refractivity contribution in [3.63, 3.8) is 0 Å². The fraction of sp³-hybridized carbons (Fsp3) is 0.571. The number of amides is 1. The second kappa shape index (κ2) is 5.67. The zero-order valence-corrected chi connectivity index (χ0v) is 11.5. The monoisotopic (exact) mass is 291 g/mol. The summed E-state index contributed by atoms with van der Waals surface area (Å²) in [5.41, 5.74) is 0. The molecule has 3 rings (SSSR count). The number of pyridine rings is 1. The highest BCUT2D eigenvalue weighted by molar-refractivity contribution is 5.78. The minimum Gasteiger partial charge on any atom is -0.476 e. The zero-order chi connectivity index (χ0) is 14.8. The van der Waals surface area contributed by atoms with Crippen LogP contribution in [-0.4, -0.2) is 28.5 Å². The molecule has 0 spiro atoms. The third kappa shape index (κ3) is 3.48. The number of hydrogen-bond acceptors (Lipinski definition) is 5. The molecule has 21 heavy (non-hydrogen) atoms. The molecule has 7 heteroatoms. The lowest BCUT2D eigenvalue weighted by Gasteiger charge is -2.17. The molecule has 0 aromatic carbocycles. The molecule has 112 valence electrons. The Kier molecular flexibility index (Phi) is 3.72. The van der Waals surface area contributed by atoms with Gasteiger partial charge in [0.05, 0.1) is 0 Å². The minimum atomic E-state index is -0.621. The summed E-state index contributed by atoms with van der Waals surface area (Å²) >= 11 is 0. The van der Waals surface area contributed by atoms with Gasteiger partial charge >= 0.3 is 5.82 Å². The summed E-state index contributed by atoms with van der Waals surface area (Å²) in [7, 11) is 0. The van der Waals surface area contributed by atoms with Gasteiger partial charge in [0.1, 0.15) is 6.20 Å². The first kappa shape index (κ1) is 13.8. The average molecular weight is 291 g/mol. The van der Waals surface area contributed by atoms with Crippen LogP contribution in [0.4, 0.5) is 5.82 Å². The Morgan fingerprint density at radius 1 is 1.43 bits per heavy atom. The maximum Gasteiger partial charge on any atom is 0.406 e. The summed E-state index contributed by atoms with van der Waals surface area (Å²) in [4.78, 5) is 25.8. The van der Waals surface area contributed by atoms with Crippen molar-refractivity contribution in [2.45, 2.75) is 31.7 Å². The van der Waals surface area contributed by atoms with Crippen molar-refractivity contribution >= 4 is 11.7 Å². The van der Waals surface area contributed by atoms with Gasteiger partial charge in [0.15, 0.2) is 6.61 Å². The number of aromatic nitrogens is 1. The molecule has 1 heterocycles. The first-order valence-electron chi connectivity index (χ1n) is 7.16. The lowest BCUT2D eigenvalue weighted by molar-refractivity contribution is -0.390. The van der Waals surface area contributed by atoms with Gasteiger partial charge < -0.3 is 20.2 Å². The summed E-state index contributed by atoms with van der Waals surface area (Å²) in [6, 6.07) is 3.24. The molecular weight excluding hydrogens is 274 g/mol. The second-order valence-corrected chi connectivity index (χ2v) is 5.64. The predicted molar refractivity (Wildman–Crippen MR) is 73.8 cm³/mol. The summed E-state index contributed by atoms with van der Waals surface area (Å²) in [5.74, 6) is 0.638. The largest absolute Gasteiger partial charge is 0.476 e. The fourth-order valence-electron chi connectivity index (χ4n) is 2.53. The molecule has 0 unspecified atom stereocenters. The lowest BCUT2D eigenvalue weighted by atomic mass is 10.1. The minimum absolute atomic E-state index is 0.0204. The van der Waals surface area contributed by atoms with Gasteiger partial charge in [-0.2, -0.15) is 0 Å². The van der Waals surface area contributed by atoms with E-state index < -0.39 is 4.92 Å². The number of nitro groups is 1. The molecule has 2 aliphatic rings. The van der Waals surface area contributed by atoms with Crippen LogP contribution in [0.2, 0.25) is 0 Å². The number of rotatable bonds is 7. The summed E-state index contributed by atoms with van der Waals surface area (Å²) < 4.78 is 5.25. The number of hydrogen-bond donors (Lipinski definition) is 1. The highest BCUT2D eigenvalue weighted by Crippen LogP contribution is 2.44. The van der Waals surface area contributed by atoms with Gasteiger partial charge in [-0.15, -0.1) is 0 Å². The van der Waals surface area contributed by atoms with Crippen molar-refractivity contribution < 1.29 is 14.5 Å². The van der Waals surface area contributed by atoms with Crippen molar-refractivity contribution in [1.29, 1.82) is 0 Å². The van der Waals surface area contributed by atoms with Crippen molar-refractivity contribution in [2.24, 2.45) is 11.8 Å². The fourth-order valence-corrected chi connectivity index (χ4v) is 2.53. The summed E-state index contributed by atoms with van der Waals surface area (Å²) in [6.07, 6.45) is 6.03. The Bertz CT molecular complexity index is 543. The van der Waals surface area contributed by atoms with E-state index in [9.17, 15) is 14.9 Å². The zero-order valence-electron chi connectivity index (χ0n) is 11.5. The molecule has 2 fully saturated rings. The van der Waals surface area contributed by atoms with Gasteiger partial charge in [-0.3, -0.25) is 4.79 Å². The first-order chi connectivity index (χ1) is 10.1. The molecule has 1 amide bonds. The Morgan fingerprint density at radius 3 is 2.67 bits per heavy atom. The predicted octanol–water partition coefficient (Wildman–Crippen LogP) is 1.67. The molecule has 2 saturated carbocycles. The molecule has 0 atom stereocenters.